The van der Waals surface area contributed by atoms with Crippen molar-refractivity contribution >= 4 is 11.6 Å². The Morgan fingerprint density at radius 1 is 0.792 bits per heavy atom. The van der Waals surface area contributed by atoms with Crippen molar-refractivity contribution in [2.24, 2.45) is 0 Å². The molecule has 1 N–H and O–H groups in total. The number of aliphatic hydroxyl groups is 1. The summed E-state index contributed by atoms with van der Waals surface area (Å²) in [6, 6.07) is 0. The monoisotopic (exact) mass is 360 g/mol. The lowest BCUT2D eigenvalue weighted by atomic mass is 10.1. The van der Waals surface area contributed by atoms with Crippen LogP contribution in [0.15, 0.2) is 12.2 Å². The third kappa shape index (κ3) is 20.0. The average molecular weight is 361 g/mol. The molecule has 0 aliphatic carbocycles. The molecule has 0 radical (unpaired) electrons. The minimum Gasteiger partial charge on any atom is -0.389 e. The molecular formula is C21H41ClO2. The van der Waals surface area contributed by atoms with Crippen molar-refractivity contribution in [3.05, 3.63) is 12.2 Å². The molecule has 0 aliphatic heterocycles. The van der Waals surface area contributed by atoms with Crippen LogP contribution in [-0.4, -0.2) is 30.3 Å². The fraction of sp³-hybridized carbons (Fsp3) is 0.905. The SMILES string of the molecule is CCCCCCCCC=CCCCCCCCCOCC(O)CCl. The Morgan fingerprint density at radius 3 is 1.83 bits per heavy atom. The highest BCUT2D eigenvalue weighted by atomic mass is 35.5. The molecule has 0 aliphatic rings. The first kappa shape index (κ1) is 23.9. The van der Waals surface area contributed by atoms with E-state index < -0.39 is 6.10 Å². The van der Waals surface area contributed by atoms with E-state index in [1.807, 2.05) is 0 Å². The maximum Gasteiger partial charge on any atom is 0.0908 e. The van der Waals surface area contributed by atoms with Gasteiger partial charge in [-0.15, -0.1) is 11.6 Å². The average Bonchev–Trinajstić information content (AvgIpc) is 2.60. The van der Waals surface area contributed by atoms with E-state index in [9.17, 15) is 5.11 Å². The van der Waals surface area contributed by atoms with Gasteiger partial charge in [-0.3, -0.25) is 0 Å². The van der Waals surface area contributed by atoms with Crippen LogP contribution in [0.25, 0.3) is 0 Å². The molecule has 24 heavy (non-hydrogen) atoms. The quantitative estimate of drug-likeness (QED) is 0.159. The first-order valence-electron chi connectivity index (χ1n) is 10.3. The molecular weight excluding hydrogens is 320 g/mol. The van der Waals surface area contributed by atoms with Crippen molar-refractivity contribution < 1.29 is 9.84 Å². The molecule has 1 atom stereocenters. The molecule has 3 heteroatoms. The van der Waals surface area contributed by atoms with Crippen molar-refractivity contribution in [3.63, 3.8) is 0 Å². The summed E-state index contributed by atoms with van der Waals surface area (Å²) >= 11 is 5.50. The van der Waals surface area contributed by atoms with Crippen molar-refractivity contribution in [2.75, 3.05) is 19.1 Å². The van der Waals surface area contributed by atoms with E-state index in [0.29, 0.717) is 6.61 Å². The molecule has 144 valence electrons. The van der Waals surface area contributed by atoms with Crippen molar-refractivity contribution in [1.29, 1.82) is 0 Å². The second-order valence-corrected chi connectivity index (χ2v) is 7.13. The van der Waals surface area contributed by atoms with Gasteiger partial charge in [0.25, 0.3) is 0 Å². The van der Waals surface area contributed by atoms with Crippen molar-refractivity contribution in [3.8, 4) is 0 Å². The van der Waals surface area contributed by atoms with Crippen molar-refractivity contribution in [2.45, 2.75) is 103 Å². The third-order valence-electron chi connectivity index (χ3n) is 4.29. The summed E-state index contributed by atoms with van der Waals surface area (Å²) in [5.74, 6) is 0.257. The molecule has 0 heterocycles. The van der Waals surface area contributed by atoms with Gasteiger partial charge in [0.05, 0.1) is 18.6 Å². The lowest BCUT2D eigenvalue weighted by Gasteiger charge is -2.07. The van der Waals surface area contributed by atoms with Gasteiger partial charge < -0.3 is 9.84 Å². The van der Waals surface area contributed by atoms with Gasteiger partial charge in [-0.1, -0.05) is 76.9 Å². The smallest absolute Gasteiger partial charge is 0.0908 e. The maximum atomic E-state index is 9.23. The van der Waals surface area contributed by atoms with Gasteiger partial charge in [0, 0.05) is 6.61 Å². The van der Waals surface area contributed by atoms with Crippen LogP contribution in [0, 0.1) is 0 Å². The van der Waals surface area contributed by atoms with E-state index in [1.165, 1.54) is 83.5 Å². The molecule has 0 saturated carbocycles. The van der Waals surface area contributed by atoms with E-state index in [-0.39, 0.29) is 5.88 Å². The number of unbranched alkanes of at least 4 members (excludes halogenated alkanes) is 12. The topological polar surface area (TPSA) is 29.5 Å². The largest absolute Gasteiger partial charge is 0.389 e. The van der Waals surface area contributed by atoms with Crippen LogP contribution < -0.4 is 0 Å². The fourth-order valence-electron chi connectivity index (χ4n) is 2.72. The molecule has 0 aromatic carbocycles. The van der Waals surface area contributed by atoms with Gasteiger partial charge in [-0.05, 0) is 32.1 Å². The fourth-order valence-corrected chi connectivity index (χ4v) is 2.80. The number of hydrogen-bond donors (Lipinski definition) is 1. The van der Waals surface area contributed by atoms with Gasteiger partial charge >= 0.3 is 0 Å². The molecule has 0 saturated heterocycles. The van der Waals surface area contributed by atoms with E-state index in [4.69, 9.17) is 16.3 Å². The third-order valence-corrected chi connectivity index (χ3v) is 4.65. The van der Waals surface area contributed by atoms with Crippen LogP contribution >= 0.6 is 11.6 Å². The van der Waals surface area contributed by atoms with E-state index >= 15 is 0 Å². The second kappa shape index (κ2) is 21.0. The van der Waals surface area contributed by atoms with Crippen LogP contribution in [0.1, 0.15) is 96.8 Å². The van der Waals surface area contributed by atoms with Crippen molar-refractivity contribution in [1.82, 2.24) is 0 Å². The molecule has 0 aromatic heterocycles. The van der Waals surface area contributed by atoms with Crippen LogP contribution in [0.5, 0.6) is 0 Å². The molecule has 0 amide bonds. The lowest BCUT2D eigenvalue weighted by molar-refractivity contribution is 0.0461. The summed E-state index contributed by atoms with van der Waals surface area (Å²) < 4.78 is 5.36. The Balaban J connectivity index is 3.08. The molecule has 0 aromatic rings. The number of halogens is 1. The van der Waals surface area contributed by atoms with E-state index in [1.54, 1.807) is 0 Å². The number of alkyl halides is 1. The number of rotatable bonds is 19. The molecule has 2 nitrogen and oxygen atoms in total. The Labute approximate surface area is 156 Å². The molecule has 0 fully saturated rings. The highest BCUT2D eigenvalue weighted by molar-refractivity contribution is 6.18. The standard InChI is InChI=1S/C21H41ClO2/c1-2-3-4-5-6-7-8-9-10-11-12-13-14-15-16-17-18-24-20-21(23)19-22/h9-10,21,23H,2-8,11-20H2,1H3. The molecule has 0 rings (SSSR count). The predicted octanol–water partition coefficient (Wildman–Crippen LogP) is 6.64. The van der Waals surface area contributed by atoms with Gasteiger partial charge in [-0.25, -0.2) is 0 Å². The molecule has 0 spiro atoms. The number of ether oxygens (including phenoxy) is 1. The summed E-state index contributed by atoms with van der Waals surface area (Å²) in [4.78, 5) is 0. The zero-order valence-electron chi connectivity index (χ0n) is 16.0. The summed E-state index contributed by atoms with van der Waals surface area (Å²) in [5.41, 5.74) is 0. The van der Waals surface area contributed by atoms with Gasteiger partial charge in [0.1, 0.15) is 0 Å². The van der Waals surface area contributed by atoms with Crippen LogP contribution in [0.3, 0.4) is 0 Å². The highest BCUT2D eigenvalue weighted by Crippen LogP contribution is 2.10. The first-order valence-corrected chi connectivity index (χ1v) is 10.8. The van der Waals surface area contributed by atoms with Crippen LogP contribution in [-0.2, 0) is 4.74 Å². The highest BCUT2D eigenvalue weighted by Gasteiger charge is 2.00. The van der Waals surface area contributed by atoms with Gasteiger partial charge in [-0.2, -0.15) is 0 Å². The summed E-state index contributed by atoms with van der Waals surface area (Å²) in [7, 11) is 0. The van der Waals surface area contributed by atoms with E-state index in [2.05, 4.69) is 19.1 Å². The summed E-state index contributed by atoms with van der Waals surface area (Å²) in [6.45, 7) is 3.39. The first-order chi connectivity index (χ1) is 11.8. The molecule has 0 bridgehead atoms. The Bertz CT molecular complexity index is 256. The Hall–Kier alpha value is -0.0500. The van der Waals surface area contributed by atoms with Gasteiger partial charge in [0.15, 0.2) is 0 Å². The van der Waals surface area contributed by atoms with Crippen LogP contribution in [0.4, 0.5) is 0 Å². The summed E-state index contributed by atoms with van der Waals surface area (Å²) in [5, 5.41) is 9.23. The minimum absolute atomic E-state index is 0.257. The Kier molecular flexibility index (Phi) is 20.9. The normalized spacial score (nSPS) is 13.0. The lowest BCUT2D eigenvalue weighted by Crippen LogP contribution is -2.17. The number of allylic oxidation sites excluding steroid dienone is 2. The summed E-state index contributed by atoms with van der Waals surface area (Å²) in [6.07, 6.45) is 22.7. The predicted molar refractivity (Wildman–Crippen MR) is 107 cm³/mol. The number of hydrogen-bond acceptors (Lipinski definition) is 2. The van der Waals surface area contributed by atoms with Gasteiger partial charge in [0.2, 0.25) is 0 Å². The maximum absolute atomic E-state index is 9.23. The molecule has 1 unspecified atom stereocenters. The zero-order valence-corrected chi connectivity index (χ0v) is 16.7. The number of aliphatic hydroxyl groups excluding tert-OH is 1. The van der Waals surface area contributed by atoms with Crippen LogP contribution in [0.2, 0.25) is 0 Å². The Morgan fingerprint density at radius 2 is 1.29 bits per heavy atom. The second-order valence-electron chi connectivity index (χ2n) is 6.82. The minimum atomic E-state index is -0.513. The zero-order chi connectivity index (χ0) is 17.7. The van der Waals surface area contributed by atoms with E-state index in [0.717, 1.165) is 13.0 Å².